The first-order valence-electron chi connectivity index (χ1n) is 3.61. The Morgan fingerprint density at radius 3 is 2.83 bits per heavy atom. The highest BCUT2D eigenvalue weighted by Crippen LogP contribution is 2.17. The van der Waals surface area contributed by atoms with Gasteiger partial charge in [0.1, 0.15) is 6.10 Å². The van der Waals surface area contributed by atoms with E-state index < -0.39 is 12.1 Å². The summed E-state index contributed by atoms with van der Waals surface area (Å²) < 4.78 is 0. The van der Waals surface area contributed by atoms with Crippen molar-refractivity contribution in [3.63, 3.8) is 0 Å². The second-order valence-corrected chi connectivity index (χ2v) is 3.64. The molecule has 4 N–H and O–H groups in total. The van der Waals surface area contributed by atoms with Crippen LogP contribution >= 0.6 is 11.3 Å². The van der Waals surface area contributed by atoms with Gasteiger partial charge in [0.25, 0.3) is 0 Å². The lowest BCUT2D eigenvalue weighted by atomic mass is 10.1. The number of aliphatic hydroxyl groups excluding tert-OH is 2. The molecule has 0 fully saturated rings. The van der Waals surface area contributed by atoms with Crippen LogP contribution in [0.1, 0.15) is 16.8 Å². The van der Waals surface area contributed by atoms with Crippen LogP contribution in [0.25, 0.3) is 0 Å². The largest absolute Gasteiger partial charge is 0.395 e. The number of aromatic nitrogens is 1. The number of hydrogen-bond acceptors (Lipinski definition) is 5. The van der Waals surface area contributed by atoms with Gasteiger partial charge in [-0.1, -0.05) is 0 Å². The van der Waals surface area contributed by atoms with E-state index in [4.69, 9.17) is 10.8 Å². The van der Waals surface area contributed by atoms with Crippen molar-refractivity contribution in [1.82, 2.24) is 4.98 Å². The van der Waals surface area contributed by atoms with E-state index in [1.807, 2.05) is 6.92 Å². The summed E-state index contributed by atoms with van der Waals surface area (Å²) >= 11 is 1.45. The maximum absolute atomic E-state index is 9.46. The average molecular weight is 188 g/mol. The second kappa shape index (κ2) is 3.95. The predicted octanol–water partition coefficient (Wildman–Crippen LogP) is -0.195. The lowest BCUT2D eigenvalue weighted by Gasteiger charge is -2.13. The Balaban J connectivity index is 2.70. The molecule has 0 aliphatic carbocycles. The van der Waals surface area contributed by atoms with Gasteiger partial charge in [0, 0.05) is 5.38 Å². The maximum atomic E-state index is 9.46. The first-order chi connectivity index (χ1) is 5.65. The van der Waals surface area contributed by atoms with Crippen LogP contribution in [0.4, 0.5) is 0 Å². The monoisotopic (exact) mass is 188 g/mol. The van der Waals surface area contributed by atoms with Crippen LogP contribution in [0.3, 0.4) is 0 Å². The van der Waals surface area contributed by atoms with E-state index >= 15 is 0 Å². The zero-order chi connectivity index (χ0) is 9.14. The molecule has 0 saturated heterocycles. The molecule has 4 nitrogen and oxygen atoms in total. The molecule has 1 heterocycles. The summed E-state index contributed by atoms with van der Waals surface area (Å²) in [6, 6.07) is -0.647. The molecule has 0 amide bonds. The van der Waals surface area contributed by atoms with Crippen molar-refractivity contribution in [2.24, 2.45) is 5.73 Å². The molecule has 68 valence electrons. The van der Waals surface area contributed by atoms with Gasteiger partial charge in [0.15, 0.2) is 0 Å². The van der Waals surface area contributed by atoms with E-state index in [0.29, 0.717) is 5.69 Å². The third-order valence-corrected chi connectivity index (χ3v) is 2.35. The summed E-state index contributed by atoms with van der Waals surface area (Å²) in [5.41, 5.74) is 5.96. The van der Waals surface area contributed by atoms with Crippen LogP contribution in [-0.4, -0.2) is 27.8 Å². The first-order valence-corrected chi connectivity index (χ1v) is 4.49. The Bertz CT molecular complexity index is 251. The average Bonchev–Trinajstić information content (AvgIpc) is 2.49. The standard InChI is InChI=1S/C7H12N2O2S/c1-4-9-6(3-12-4)7(11)5(8)2-10/h3,5,7,10-11H,2,8H2,1H3. The van der Waals surface area contributed by atoms with E-state index in [9.17, 15) is 5.11 Å². The number of aryl methyl sites for hydroxylation is 1. The van der Waals surface area contributed by atoms with Gasteiger partial charge in [-0.2, -0.15) is 0 Å². The Hall–Kier alpha value is -0.490. The fraction of sp³-hybridized carbons (Fsp3) is 0.571. The zero-order valence-corrected chi connectivity index (χ0v) is 7.58. The van der Waals surface area contributed by atoms with Crippen molar-refractivity contribution in [3.05, 3.63) is 16.1 Å². The van der Waals surface area contributed by atoms with Crippen molar-refractivity contribution in [2.45, 2.75) is 19.1 Å². The summed E-state index contributed by atoms with van der Waals surface area (Å²) in [5.74, 6) is 0. The van der Waals surface area contributed by atoms with Crippen LogP contribution in [0, 0.1) is 6.92 Å². The topological polar surface area (TPSA) is 79.4 Å². The van der Waals surface area contributed by atoms with E-state index in [0.717, 1.165) is 5.01 Å². The molecule has 5 heteroatoms. The summed E-state index contributed by atoms with van der Waals surface area (Å²) in [7, 11) is 0. The Morgan fingerprint density at radius 2 is 2.42 bits per heavy atom. The van der Waals surface area contributed by atoms with Gasteiger partial charge in [-0.05, 0) is 6.92 Å². The van der Waals surface area contributed by atoms with Crippen molar-refractivity contribution in [3.8, 4) is 0 Å². The number of rotatable bonds is 3. The molecular weight excluding hydrogens is 176 g/mol. The minimum Gasteiger partial charge on any atom is -0.395 e. The van der Waals surface area contributed by atoms with Gasteiger partial charge in [-0.25, -0.2) is 4.98 Å². The number of nitrogens with two attached hydrogens (primary N) is 1. The van der Waals surface area contributed by atoms with Crippen molar-refractivity contribution < 1.29 is 10.2 Å². The van der Waals surface area contributed by atoms with Gasteiger partial charge >= 0.3 is 0 Å². The smallest absolute Gasteiger partial charge is 0.114 e. The highest BCUT2D eigenvalue weighted by Gasteiger charge is 2.17. The Kier molecular flexibility index (Phi) is 3.16. The molecule has 1 rings (SSSR count). The molecule has 1 aromatic heterocycles. The third-order valence-electron chi connectivity index (χ3n) is 1.56. The molecule has 0 aliphatic rings. The SMILES string of the molecule is Cc1nc(C(O)C(N)CO)cs1. The lowest BCUT2D eigenvalue weighted by Crippen LogP contribution is -2.32. The van der Waals surface area contributed by atoms with E-state index in [-0.39, 0.29) is 6.61 Å². The van der Waals surface area contributed by atoms with E-state index in [1.165, 1.54) is 11.3 Å². The fourth-order valence-corrected chi connectivity index (χ4v) is 1.48. The second-order valence-electron chi connectivity index (χ2n) is 2.58. The van der Waals surface area contributed by atoms with Gasteiger partial charge in [0.2, 0.25) is 0 Å². The molecule has 0 saturated carbocycles. The normalized spacial score (nSPS) is 16.0. The van der Waals surface area contributed by atoms with Gasteiger partial charge < -0.3 is 15.9 Å². The summed E-state index contributed by atoms with van der Waals surface area (Å²) in [6.07, 6.45) is -0.861. The summed E-state index contributed by atoms with van der Waals surface area (Å²) in [5, 5.41) is 20.8. The number of aliphatic hydroxyl groups is 2. The molecule has 0 aromatic carbocycles. The molecule has 0 radical (unpaired) electrons. The van der Waals surface area contributed by atoms with Crippen LogP contribution in [0.15, 0.2) is 5.38 Å². The lowest BCUT2D eigenvalue weighted by molar-refractivity contribution is 0.106. The number of nitrogens with zero attached hydrogens (tertiary/aromatic N) is 1. The Morgan fingerprint density at radius 1 is 1.75 bits per heavy atom. The van der Waals surface area contributed by atoms with Crippen LogP contribution < -0.4 is 5.73 Å². The van der Waals surface area contributed by atoms with Crippen molar-refractivity contribution in [1.29, 1.82) is 0 Å². The summed E-state index contributed by atoms with van der Waals surface area (Å²) in [4.78, 5) is 4.06. The van der Waals surface area contributed by atoms with Gasteiger partial charge in [0.05, 0.1) is 23.4 Å². The molecule has 2 unspecified atom stereocenters. The van der Waals surface area contributed by atoms with Gasteiger partial charge in [-0.15, -0.1) is 11.3 Å². The highest BCUT2D eigenvalue weighted by atomic mass is 32.1. The highest BCUT2D eigenvalue weighted by molar-refractivity contribution is 7.09. The van der Waals surface area contributed by atoms with Crippen LogP contribution in [0.5, 0.6) is 0 Å². The minimum atomic E-state index is -0.861. The minimum absolute atomic E-state index is 0.238. The molecule has 12 heavy (non-hydrogen) atoms. The van der Waals surface area contributed by atoms with Crippen LogP contribution in [-0.2, 0) is 0 Å². The van der Waals surface area contributed by atoms with E-state index in [2.05, 4.69) is 4.98 Å². The third kappa shape index (κ3) is 2.01. The van der Waals surface area contributed by atoms with Gasteiger partial charge in [-0.3, -0.25) is 0 Å². The van der Waals surface area contributed by atoms with Crippen LogP contribution in [0.2, 0.25) is 0 Å². The zero-order valence-electron chi connectivity index (χ0n) is 6.77. The molecule has 2 atom stereocenters. The Labute approximate surface area is 74.7 Å². The fourth-order valence-electron chi connectivity index (χ4n) is 0.835. The molecule has 0 spiro atoms. The first kappa shape index (κ1) is 9.60. The van der Waals surface area contributed by atoms with Crippen molar-refractivity contribution in [2.75, 3.05) is 6.61 Å². The molecule has 0 bridgehead atoms. The van der Waals surface area contributed by atoms with E-state index in [1.54, 1.807) is 5.38 Å². The quantitative estimate of drug-likeness (QED) is 0.614. The summed E-state index contributed by atoms with van der Waals surface area (Å²) in [6.45, 7) is 1.61. The number of hydrogen-bond donors (Lipinski definition) is 3. The molecular formula is C7H12N2O2S. The van der Waals surface area contributed by atoms with Crippen molar-refractivity contribution >= 4 is 11.3 Å². The molecule has 0 aliphatic heterocycles. The maximum Gasteiger partial charge on any atom is 0.114 e. The molecule has 1 aromatic rings. The number of thiazole rings is 1. The predicted molar refractivity (Wildman–Crippen MR) is 46.9 cm³/mol.